The van der Waals surface area contributed by atoms with Crippen LogP contribution in [0.4, 0.5) is 11.4 Å². The molecule has 5 heteroatoms. The highest BCUT2D eigenvalue weighted by atomic mass is 79.9. The van der Waals surface area contributed by atoms with Crippen LogP contribution in [0.25, 0.3) is 0 Å². The molecule has 20 heavy (non-hydrogen) atoms. The Morgan fingerprint density at radius 2 is 2.10 bits per heavy atom. The number of nitrogens with zero attached hydrogens (tertiary/aromatic N) is 1. The number of nitrogens with one attached hydrogen (secondary N) is 1. The van der Waals surface area contributed by atoms with E-state index in [1.165, 1.54) is 12.8 Å². The summed E-state index contributed by atoms with van der Waals surface area (Å²) < 4.78 is 0.938. The van der Waals surface area contributed by atoms with Crippen molar-refractivity contribution < 1.29 is 9.90 Å². The van der Waals surface area contributed by atoms with Crippen molar-refractivity contribution in [2.45, 2.75) is 38.8 Å². The summed E-state index contributed by atoms with van der Waals surface area (Å²) >= 11 is 3.59. The van der Waals surface area contributed by atoms with E-state index in [4.69, 9.17) is 0 Å². The molecule has 1 fully saturated rings. The van der Waals surface area contributed by atoms with Crippen LogP contribution in [0.15, 0.2) is 16.6 Å². The summed E-state index contributed by atoms with van der Waals surface area (Å²) in [5.74, 6) is 0.329. The summed E-state index contributed by atoms with van der Waals surface area (Å²) in [7, 11) is 0. The molecule has 0 aromatic heterocycles. The Morgan fingerprint density at radius 1 is 1.35 bits per heavy atom. The third-order valence-electron chi connectivity index (χ3n) is 4.35. The van der Waals surface area contributed by atoms with Crippen LogP contribution in [0, 0.1) is 5.92 Å². The predicted octanol–water partition coefficient (Wildman–Crippen LogP) is 3.06. The Labute approximate surface area is 127 Å². The molecule has 3 rings (SSSR count). The Balaban J connectivity index is 1.99. The van der Waals surface area contributed by atoms with E-state index in [1.54, 1.807) is 0 Å². The molecule has 4 nitrogen and oxygen atoms in total. The second-order valence-corrected chi connectivity index (χ2v) is 6.82. The first-order valence-electron chi connectivity index (χ1n) is 7.06. The van der Waals surface area contributed by atoms with Crippen LogP contribution in [-0.4, -0.2) is 23.6 Å². The molecule has 2 N–H and O–H groups in total. The molecule has 0 spiro atoms. The molecule has 0 aliphatic carbocycles. The van der Waals surface area contributed by atoms with Crippen molar-refractivity contribution in [1.29, 1.82) is 0 Å². The largest absolute Gasteiger partial charge is 0.378 e. The minimum absolute atomic E-state index is 0.343. The molecule has 0 radical (unpaired) electrons. The van der Waals surface area contributed by atoms with Gasteiger partial charge in [-0.25, -0.2) is 0 Å². The van der Waals surface area contributed by atoms with Gasteiger partial charge in [-0.15, -0.1) is 0 Å². The van der Waals surface area contributed by atoms with E-state index >= 15 is 0 Å². The number of aliphatic hydroxyl groups excluding tert-OH is 1. The van der Waals surface area contributed by atoms with Gasteiger partial charge in [0.25, 0.3) is 5.91 Å². The van der Waals surface area contributed by atoms with Crippen molar-refractivity contribution in [1.82, 2.24) is 0 Å². The average molecular weight is 339 g/mol. The van der Waals surface area contributed by atoms with Crippen molar-refractivity contribution >= 4 is 33.2 Å². The van der Waals surface area contributed by atoms with Gasteiger partial charge in [-0.1, -0.05) is 6.92 Å². The molecule has 0 bridgehead atoms. The highest BCUT2D eigenvalue weighted by molar-refractivity contribution is 9.10. The molecule has 1 saturated heterocycles. The van der Waals surface area contributed by atoms with E-state index in [9.17, 15) is 9.90 Å². The molecule has 108 valence electrons. The number of aliphatic hydroxyl groups is 1. The van der Waals surface area contributed by atoms with Crippen LogP contribution in [-0.2, 0) is 4.79 Å². The van der Waals surface area contributed by atoms with Gasteiger partial charge in [-0.2, -0.15) is 0 Å². The summed E-state index contributed by atoms with van der Waals surface area (Å²) in [4.78, 5) is 13.9. The first-order valence-corrected chi connectivity index (χ1v) is 7.85. The van der Waals surface area contributed by atoms with Crippen LogP contribution in [0.5, 0.6) is 0 Å². The van der Waals surface area contributed by atoms with Gasteiger partial charge in [0.05, 0.1) is 5.69 Å². The molecule has 1 amide bonds. The van der Waals surface area contributed by atoms with E-state index in [0.717, 1.165) is 22.4 Å². The fraction of sp³-hybridized carbons (Fsp3) is 0.533. The number of carbonyl (C=O) groups excluding carboxylic acids is 1. The van der Waals surface area contributed by atoms with Crippen LogP contribution in [0.1, 0.15) is 38.4 Å². The van der Waals surface area contributed by atoms with Gasteiger partial charge in [0.2, 0.25) is 0 Å². The second kappa shape index (κ2) is 5.04. The van der Waals surface area contributed by atoms with Crippen molar-refractivity contribution in [3.05, 3.63) is 22.2 Å². The maximum atomic E-state index is 11.6. The summed E-state index contributed by atoms with van der Waals surface area (Å²) in [5, 5.41) is 12.6. The first-order chi connectivity index (χ1) is 9.47. The zero-order chi connectivity index (χ0) is 14.4. The third-order valence-corrected chi connectivity index (χ3v) is 4.98. The van der Waals surface area contributed by atoms with Crippen molar-refractivity contribution in [2.75, 3.05) is 16.8 Å². The number of anilines is 2. The number of rotatable bonds is 1. The predicted molar refractivity (Wildman–Crippen MR) is 82.9 cm³/mol. The number of benzene rings is 1. The Hall–Kier alpha value is -1.07. The molecule has 2 aliphatic rings. The molecule has 3 unspecified atom stereocenters. The highest BCUT2D eigenvalue weighted by Gasteiger charge is 2.31. The molecule has 2 heterocycles. The maximum Gasteiger partial charge on any atom is 0.257 e. The van der Waals surface area contributed by atoms with E-state index < -0.39 is 6.10 Å². The average Bonchev–Trinajstić information content (AvgIpc) is 2.68. The summed E-state index contributed by atoms with van der Waals surface area (Å²) in [6.45, 7) is 5.53. The van der Waals surface area contributed by atoms with Crippen LogP contribution in [0.3, 0.4) is 0 Å². The fourth-order valence-corrected chi connectivity index (χ4v) is 3.69. The smallest absolute Gasteiger partial charge is 0.257 e. The number of fused-ring (bicyclic) bond motifs is 1. The van der Waals surface area contributed by atoms with E-state index in [1.807, 2.05) is 12.1 Å². The zero-order valence-electron chi connectivity index (χ0n) is 11.7. The Morgan fingerprint density at radius 3 is 2.85 bits per heavy atom. The molecule has 1 aromatic rings. The Kier molecular flexibility index (Phi) is 3.50. The number of halogens is 1. The monoisotopic (exact) mass is 338 g/mol. The summed E-state index contributed by atoms with van der Waals surface area (Å²) in [6.07, 6.45) is 1.39. The number of hydrogen-bond donors (Lipinski definition) is 2. The first kappa shape index (κ1) is 13.9. The zero-order valence-corrected chi connectivity index (χ0v) is 13.3. The van der Waals surface area contributed by atoms with Crippen LogP contribution >= 0.6 is 15.9 Å². The molecule has 2 aliphatic heterocycles. The summed E-state index contributed by atoms with van der Waals surface area (Å²) in [6, 6.07) is 4.32. The SMILES string of the molecule is CC1CCC(C)N(c2cc3c(cc2Br)C(O)C(=O)N3)C1. The summed E-state index contributed by atoms with van der Waals surface area (Å²) in [5.41, 5.74) is 2.48. The third kappa shape index (κ3) is 2.23. The van der Waals surface area contributed by atoms with E-state index in [2.05, 4.69) is 40.0 Å². The maximum absolute atomic E-state index is 11.6. The van der Waals surface area contributed by atoms with Gasteiger partial charge >= 0.3 is 0 Å². The molecular formula is C15H19BrN2O2. The lowest BCUT2D eigenvalue weighted by atomic mass is 9.94. The van der Waals surface area contributed by atoms with Crippen LogP contribution < -0.4 is 10.2 Å². The van der Waals surface area contributed by atoms with Gasteiger partial charge < -0.3 is 15.3 Å². The van der Waals surface area contributed by atoms with Crippen LogP contribution in [0.2, 0.25) is 0 Å². The normalized spacial score (nSPS) is 29.3. The van der Waals surface area contributed by atoms with Crippen molar-refractivity contribution in [3.63, 3.8) is 0 Å². The number of piperidine rings is 1. The molecule has 0 saturated carbocycles. The minimum Gasteiger partial charge on any atom is -0.378 e. The quantitative estimate of drug-likeness (QED) is 0.827. The fourth-order valence-electron chi connectivity index (χ4n) is 3.10. The topological polar surface area (TPSA) is 52.6 Å². The van der Waals surface area contributed by atoms with Crippen molar-refractivity contribution in [2.24, 2.45) is 5.92 Å². The number of carbonyl (C=O) groups is 1. The minimum atomic E-state index is -1.05. The van der Waals surface area contributed by atoms with Crippen molar-refractivity contribution in [3.8, 4) is 0 Å². The molecular weight excluding hydrogens is 320 g/mol. The lowest BCUT2D eigenvalue weighted by Crippen LogP contribution is -2.41. The van der Waals surface area contributed by atoms with Gasteiger partial charge in [0.15, 0.2) is 6.10 Å². The molecule has 1 aromatic carbocycles. The van der Waals surface area contributed by atoms with Gasteiger partial charge in [0.1, 0.15) is 0 Å². The lowest BCUT2D eigenvalue weighted by Gasteiger charge is -2.39. The molecule has 3 atom stereocenters. The van der Waals surface area contributed by atoms with Gasteiger partial charge in [-0.05, 0) is 53.7 Å². The van der Waals surface area contributed by atoms with E-state index in [0.29, 0.717) is 17.5 Å². The lowest BCUT2D eigenvalue weighted by molar-refractivity contribution is -0.123. The van der Waals surface area contributed by atoms with Gasteiger partial charge in [0, 0.05) is 28.3 Å². The number of hydrogen-bond acceptors (Lipinski definition) is 3. The standard InChI is InChI=1S/C15H19BrN2O2/c1-8-3-4-9(2)18(7-8)13-6-12-10(5-11(13)16)14(19)15(20)17-12/h5-6,8-9,14,19H,3-4,7H2,1-2H3,(H,17,20). The van der Waals surface area contributed by atoms with E-state index in [-0.39, 0.29) is 5.91 Å². The highest BCUT2D eigenvalue weighted by Crippen LogP contribution is 2.41. The number of amides is 1. The second-order valence-electron chi connectivity index (χ2n) is 5.97. The Bertz CT molecular complexity index is 561. The van der Waals surface area contributed by atoms with Gasteiger partial charge in [-0.3, -0.25) is 4.79 Å².